The third-order valence-corrected chi connectivity index (χ3v) is 5.27. The number of carbonyl (C=O) groups is 1. The highest BCUT2D eigenvalue weighted by molar-refractivity contribution is 7.89. The minimum atomic E-state index is -3.64. The van der Waals surface area contributed by atoms with E-state index in [1.54, 1.807) is 0 Å². The zero-order valence-electron chi connectivity index (χ0n) is 11.1. The highest BCUT2D eigenvalue weighted by Gasteiger charge is 2.21. The summed E-state index contributed by atoms with van der Waals surface area (Å²) in [5.41, 5.74) is 0. The van der Waals surface area contributed by atoms with Gasteiger partial charge < -0.3 is 4.74 Å². The number of hydrogen-bond acceptors (Lipinski definition) is 4. The van der Waals surface area contributed by atoms with Crippen LogP contribution in [0.15, 0.2) is 23.1 Å². The van der Waals surface area contributed by atoms with Crippen LogP contribution in [0.1, 0.15) is 12.8 Å². The summed E-state index contributed by atoms with van der Waals surface area (Å²) >= 11 is 11.6. The number of ether oxygens (including phenoxy) is 1. The number of methoxy groups -OCH3 is 1. The Kier molecular flexibility index (Phi) is 6.26. The van der Waals surface area contributed by atoms with Crippen molar-refractivity contribution in [1.29, 1.82) is 0 Å². The molecule has 20 heavy (non-hydrogen) atoms. The van der Waals surface area contributed by atoms with Gasteiger partial charge in [-0.15, -0.1) is 0 Å². The first kappa shape index (κ1) is 17.2. The molecule has 8 heteroatoms. The molecule has 0 radical (unpaired) electrons. The maximum absolute atomic E-state index is 12.2. The Morgan fingerprint density at radius 2 is 1.95 bits per heavy atom. The van der Waals surface area contributed by atoms with Gasteiger partial charge in [-0.25, -0.2) is 12.7 Å². The molecule has 0 heterocycles. The zero-order chi connectivity index (χ0) is 15.3. The molecule has 1 rings (SSSR count). The number of carbonyl (C=O) groups excluding carboxylic acids is 1. The van der Waals surface area contributed by atoms with Gasteiger partial charge >= 0.3 is 5.97 Å². The number of nitrogens with zero attached hydrogens (tertiary/aromatic N) is 1. The summed E-state index contributed by atoms with van der Waals surface area (Å²) in [5.74, 6) is -0.370. The molecule has 0 N–H and O–H groups in total. The Morgan fingerprint density at radius 1 is 1.30 bits per heavy atom. The van der Waals surface area contributed by atoms with E-state index in [4.69, 9.17) is 23.2 Å². The molecule has 1 aromatic carbocycles. The predicted octanol–water partition coefficient (Wildman–Crippen LogP) is 2.57. The Bertz CT molecular complexity index is 589. The number of rotatable bonds is 6. The van der Waals surface area contributed by atoms with Crippen LogP contribution >= 0.6 is 23.2 Å². The number of hydrogen-bond donors (Lipinski definition) is 0. The van der Waals surface area contributed by atoms with Crippen LogP contribution in [0.4, 0.5) is 0 Å². The fraction of sp³-hybridized carbons (Fsp3) is 0.417. The Morgan fingerprint density at radius 3 is 2.50 bits per heavy atom. The Labute approximate surface area is 128 Å². The van der Waals surface area contributed by atoms with Gasteiger partial charge in [0.1, 0.15) is 0 Å². The molecule has 0 aliphatic rings. The van der Waals surface area contributed by atoms with E-state index in [2.05, 4.69) is 4.74 Å². The van der Waals surface area contributed by atoms with Gasteiger partial charge in [-0.3, -0.25) is 4.79 Å². The smallest absolute Gasteiger partial charge is 0.305 e. The summed E-state index contributed by atoms with van der Waals surface area (Å²) < 4.78 is 30.2. The van der Waals surface area contributed by atoms with E-state index >= 15 is 0 Å². The molecule has 0 spiro atoms. The summed E-state index contributed by atoms with van der Waals surface area (Å²) in [6, 6.07) is 4.12. The number of benzene rings is 1. The molecule has 112 valence electrons. The molecule has 0 amide bonds. The normalized spacial score (nSPS) is 11.7. The van der Waals surface area contributed by atoms with E-state index in [9.17, 15) is 13.2 Å². The van der Waals surface area contributed by atoms with Gasteiger partial charge in [-0.1, -0.05) is 23.2 Å². The predicted molar refractivity (Wildman–Crippen MR) is 77.5 cm³/mol. The maximum Gasteiger partial charge on any atom is 0.305 e. The van der Waals surface area contributed by atoms with E-state index in [0.717, 1.165) is 4.31 Å². The van der Waals surface area contributed by atoms with Gasteiger partial charge in [0.2, 0.25) is 10.0 Å². The van der Waals surface area contributed by atoms with Crippen LogP contribution in [0.25, 0.3) is 0 Å². The second-order valence-corrected chi connectivity index (χ2v) is 6.94. The van der Waals surface area contributed by atoms with Crippen molar-refractivity contribution in [2.45, 2.75) is 17.7 Å². The Hall–Kier alpha value is -0.820. The first-order valence-corrected chi connectivity index (χ1v) is 7.97. The largest absolute Gasteiger partial charge is 0.469 e. The fourth-order valence-corrected chi connectivity index (χ4v) is 3.08. The van der Waals surface area contributed by atoms with E-state index < -0.39 is 10.0 Å². The van der Waals surface area contributed by atoms with Crippen LogP contribution in [-0.4, -0.2) is 39.4 Å². The van der Waals surface area contributed by atoms with E-state index in [-0.39, 0.29) is 28.9 Å². The van der Waals surface area contributed by atoms with Crippen molar-refractivity contribution in [2.24, 2.45) is 0 Å². The van der Waals surface area contributed by atoms with Crippen molar-refractivity contribution >= 4 is 39.2 Å². The van der Waals surface area contributed by atoms with E-state index in [1.807, 2.05) is 0 Å². The SMILES string of the molecule is COC(=O)CCCN(C)S(=O)(=O)c1ccc(Cl)c(Cl)c1. The fourth-order valence-electron chi connectivity index (χ4n) is 1.49. The highest BCUT2D eigenvalue weighted by Crippen LogP contribution is 2.26. The summed E-state index contributed by atoms with van der Waals surface area (Å²) in [7, 11) is -0.915. The summed E-state index contributed by atoms with van der Waals surface area (Å²) in [4.78, 5) is 11.0. The average molecular weight is 340 g/mol. The summed E-state index contributed by atoms with van der Waals surface area (Å²) in [5, 5.41) is 0.467. The number of sulfonamides is 1. The molecule has 0 fully saturated rings. The average Bonchev–Trinajstić information content (AvgIpc) is 2.41. The molecule has 1 aromatic rings. The molecule has 0 saturated carbocycles. The second kappa shape index (κ2) is 7.26. The van der Waals surface area contributed by atoms with Gasteiger partial charge in [0.05, 0.1) is 22.1 Å². The second-order valence-electron chi connectivity index (χ2n) is 4.08. The molecular formula is C12H15Cl2NO4S. The highest BCUT2D eigenvalue weighted by atomic mass is 35.5. The van der Waals surface area contributed by atoms with E-state index in [0.29, 0.717) is 11.4 Å². The molecule has 0 aliphatic carbocycles. The monoisotopic (exact) mass is 339 g/mol. The standard InChI is InChI=1S/C12H15Cl2NO4S/c1-15(7-3-4-12(16)19-2)20(17,18)9-5-6-10(13)11(14)8-9/h5-6,8H,3-4,7H2,1-2H3. The van der Waals surface area contributed by atoms with Gasteiger partial charge in [0, 0.05) is 20.0 Å². The van der Waals surface area contributed by atoms with Crippen molar-refractivity contribution in [3.05, 3.63) is 28.2 Å². The van der Waals surface area contributed by atoms with Crippen molar-refractivity contribution < 1.29 is 17.9 Å². The molecule has 0 unspecified atom stereocenters. The Balaban J connectivity index is 2.77. The molecule has 5 nitrogen and oxygen atoms in total. The molecule has 0 saturated heterocycles. The van der Waals surface area contributed by atoms with Crippen molar-refractivity contribution in [2.75, 3.05) is 20.7 Å². The first-order valence-electron chi connectivity index (χ1n) is 5.77. The number of esters is 1. The van der Waals surface area contributed by atoms with Crippen LogP contribution in [0.2, 0.25) is 10.0 Å². The van der Waals surface area contributed by atoms with E-state index in [1.165, 1.54) is 32.4 Å². The number of halogens is 2. The lowest BCUT2D eigenvalue weighted by Gasteiger charge is -2.17. The van der Waals surface area contributed by atoms with Crippen LogP contribution < -0.4 is 0 Å². The quantitative estimate of drug-likeness (QED) is 0.747. The maximum atomic E-state index is 12.2. The summed E-state index contributed by atoms with van der Waals surface area (Å²) in [6.07, 6.45) is 0.543. The molecule has 0 atom stereocenters. The first-order chi connectivity index (χ1) is 9.28. The van der Waals surface area contributed by atoms with Gasteiger partial charge in [0.15, 0.2) is 0 Å². The lowest BCUT2D eigenvalue weighted by molar-refractivity contribution is -0.140. The lowest BCUT2D eigenvalue weighted by atomic mass is 10.3. The molecule has 0 aliphatic heterocycles. The van der Waals surface area contributed by atoms with Crippen molar-refractivity contribution in [3.8, 4) is 0 Å². The van der Waals surface area contributed by atoms with Gasteiger partial charge in [-0.2, -0.15) is 0 Å². The summed E-state index contributed by atoms with van der Waals surface area (Å²) in [6.45, 7) is 0.206. The van der Waals surface area contributed by atoms with Crippen LogP contribution in [0, 0.1) is 0 Å². The van der Waals surface area contributed by atoms with Crippen molar-refractivity contribution in [1.82, 2.24) is 4.31 Å². The van der Waals surface area contributed by atoms with Gasteiger partial charge in [-0.05, 0) is 24.6 Å². The van der Waals surface area contributed by atoms with Crippen LogP contribution in [-0.2, 0) is 19.6 Å². The van der Waals surface area contributed by atoms with Crippen LogP contribution in [0.3, 0.4) is 0 Å². The third kappa shape index (κ3) is 4.34. The molecule has 0 bridgehead atoms. The van der Waals surface area contributed by atoms with Crippen LogP contribution in [0.5, 0.6) is 0 Å². The zero-order valence-corrected chi connectivity index (χ0v) is 13.4. The molecule has 0 aromatic heterocycles. The topological polar surface area (TPSA) is 63.7 Å². The third-order valence-electron chi connectivity index (χ3n) is 2.68. The van der Waals surface area contributed by atoms with Crippen molar-refractivity contribution in [3.63, 3.8) is 0 Å². The minimum absolute atomic E-state index is 0.0625. The minimum Gasteiger partial charge on any atom is -0.469 e. The lowest BCUT2D eigenvalue weighted by Crippen LogP contribution is -2.28. The molecular weight excluding hydrogens is 325 g/mol. The van der Waals surface area contributed by atoms with Gasteiger partial charge in [0.25, 0.3) is 0 Å².